The molecule has 2 heterocycles. The van der Waals surface area contributed by atoms with E-state index in [-0.39, 0.29) is 17.4 Å². The molecule has 5 nitrogen and oxygen atoms in total. The third-order valence-corrected chi connectivity index (χ3v) is 4.81. The molecule has 0 atom stereocenters. The Labute approximate surface area is 162 Å². The molecule has 148 valence electrons. The fourth-order valence-corrected chi connectivity index (χ4v) is 3.47. The van der Waals surface area contributed by atoms with E-state index in [1.807, 2.05) is 0 Å². The van der Waals surface area contributed by atoms with Crippen LogP contribution in [0.4, 0.5) is 22.7 Å². The second-order valence-corrected chi connectivity index (χ2v) is 7.41. The zero-order valence-corrected chi connectivity index (χ0v) is 15.7. The van der Waals surface area contributed by atoms with Crippen LogP contribution in [0.1, 0.15) is 46.4 Å². The van der Waals surface area contributed by atoms with Gasteiger partial charge < -0.3 is 0 Å². The minimum atomic E-state index is -4.73. The lowest BCUT2D eigenvalue weighted by Crippen LogP contribution is -2.22. The van der Waals surface area contributed by atoms with E-state index in [1.54, 1.807) is 32.0 Å². The van der Waals surface area contributed by atoms with E-state index in [9.17, 15) is 22.4 Å². The highest BCUT2D eigenvalue weighted by atomic mass is 32.1. The van der Waals surface area contributed by atoms with Crippen molar-refractivity contribution in [1.82, 2.24) is 14.8 Å². The quantitative estimate of drug-likeness (QED) is 0.605. The van der Waals surface area contributed by atoms with E-state index < -0.39 is 29.4 Å². The Hall–Kier alpha value is -2.75. The molecule has 0 saturated carbocycles. The Morgan fingerprint density at radius 3 is 2.61 bits per heavy atom. The number of benzene rings is 1. The monoisotopic (exact) mass is 412 g/mol. The zero-order chi connectivity index (χ0) is 20.5. The van der Waals surface area contributed by atoms with Crippen LogP contribution >= 0.6 is 11.3 Å². The number of carbonyl (C=O) groups is 1. The predicted molar refractivity (Wildman–Crippen MR) is 96.9 cm³/mol. The lowest BCUT2D eigenvalue weighted by atomic mass is 10.1. The number of nitrogens with one attached hydrogen (secondary N) is 1. The molecule has 1 amide bonds. The molecule has 3 aromatic rings. The molecule has 0 aliphatic carbocycles. The molecule has 0 aliphatic heterocycles. The maximum atomic E-state index is 13.7. The van der Waals surface area contributed by atoms with Gasteiger partial charge in [0.1, 0.15) is 5.82 Å². The van der Waals surface area contributed by atoms with Crippen LogP contribution in [-0.4, -0.2) is 20.7 Å². The summed E-state index contributed by atoms with van der Waals surface area (Å²) in [6.07, 6.45) is -2.12. The molecule has 10 heteroatoms. The lowest BCUT2D eigenvalue weighted by Gasteiger charge is -2.14. The highest BCUT2D eigenvalue weighted by Crippen LogP contribution is 2.34. The summed E-state index contributed by atoms with van der Waals surface area (Å²) in [6.45, 7) is 3.08. The number of thiazole rings is 1. The number of hydrogen-bond acceptors (Lipinski definition) is 4. The molecule has 0 aliphatic rings. The summed E-state index contributed by atoms with van der Waals surface area (Å²) < 4.78 is 54.7. The highest BCUT2D eigenvalue weighted by Gasteiger charge is 2.40. The van der Waals surface area contributed by atoms with Gasteiger partial charge in [0.25, 0.3) is 5.91 Å². The topological polar surface area (TPSA) is 59.8 Å². The van der Waals surface area contributed by atoms with E-state index in [1.165, 1.54) is 12.3 Å². The van der Waals surface area contributed by atoms with Crippen molar-refractivity contribution >= 4 is 22.4 Å². The summed E-state index contributed by atoms with van der Waals surface area (Å²) in [5.41, 5.74) is -1.23. The second-order valence-electron chi connectivity index (χ2n) is 6.30. The Bertz CT molecular complexity index is 994. The second kappa shape index (κ2) is 7.70. The van der Waals surface area contributed by atoms with Gasteiger partial charge in [0, 0.05) is 23.5 Å². The average molecular weight is 412 g/mol. The first-order chi connectivity index (χ1) is 13.2. The van der Waals surface area contributed by atoms with E-state index >= 15 is 0 Å². The van der Waals surface area contributed by atoms with Gasteiger partial charge in [-0.15, -0.1) is 11.3 Å². The molecule has 0 unspecified atom stereocenters. The number of rotatable bonds is 5. The SMILES string of the molecule is CC(C)n1ncc(C(=O)Nc2ncc(Cc3ccccc3F)s2)c1C(F)(F)F. The van der Waals surface area contributed by atoms with Crippen LogP contribution in [0, 0.1) is 5.82 Å². The molecule has 0 spiro atoms. The minimum absolute atomic E-state index is 0.127. The third-order valence-electron chi connectivity index (χ3n) is 3.89. The number of hydrogen-bond donors (Lipinski definition) is 1. The van der Waals surface area contributed by atoms with E-state index in [4.69, 9.17) is 0 Å². The zero-order valence-electron chi connectivity index (χ0n) is 14.9. The summed E-state index contributed by atoms with van der Waals surface area (Å²) in [5.74, 6) is -1.32. The van der Waals surface area contributed by atoms with Crippen molar-refractivity contribution in [2.24, 2.45) is 0 Å². The molecular formula is C18H16F4N4OS. The Morgan fingerprint density at radius 2 is 1.96 bits per heavy atom. The van der Waals surface area contributed by atoms with Crippen molar-refractivity contribution in [3.63, 3.8) is 0 Å². The van der Waals surface area contributed by atoms with Crippen LogP contribution < -0.4 is 5.32 Å². The van der Waals surface area contributed by atoms with Gasteiger partial charge in [-0.05, 0) is 25.5 Å². The van der Waals surface area contributed by atoms with Gasteiger partial charge in [-0.25, -0.2) is 9.37 Å². The summed E-state index contributed by atoms with van der Waals surface area (Å²) in [6, 6.07) is 5.68. The van der Waals surface area contributed by atoms with Crippen molar-refractivity contribution in [2.45, 2.75) is 32.5 Å². The Morgan fingerprint density at radius 1 is 1.25 bits per heavy atom. The Kier molecular flexibility index (Phi) is 5.50. The first kappa shape index (κ1) is 20.0. The van der Waals surface area contributed by atoms with Crippen molar-refractivity contribution in [3.8, 4) is 0 Å². The van der Waals surface area contributed by atoms with Crippen molar-refractivity contribution in [1.29, 1.82) is 0 Å². The molecule has 0 saturated heterocycles. The standard InChI is InChI=1S/C18H16F4N4OS/c1-10(2)26-15(18(20,21)22)13(9-24-26)16(27)25-17-23-8-12(28-17)7-11-5-3-4-6-14(11)19/h3-6,8-10H,7H2,1-2H3,(H,23,25,27). The Balaban J connectivity index is 1.80. The first-order valence-corrected chi connectivity index (χ1v) is 9.12. The maximum Gasteiger partial charge on any atom is 0.433 e. The minimum Gasteiger partial charge on any atom is -0.298 e. The molecule has 0 fully saturated rings. The number of nitrogens with zero attached hydrogens (tertiary/aromatic N) is 3. The number of alkyl halides is 3. The predicted octanol–water partition coefficient (Wildman–Crippen LogP) is 4.92. The van der Waals surface area contributed by atoms with Crippen LogP contribution in [0.2, 0.25) is 0 Å². The molecule has 3 rings (SSSR count). The average Bonchev–Trinajstić information content (AvgIpc) is 3.23. The summed E-state index contributed by atoms with van der Waals surface area (Å²) in [4.78, 5) is 17.0. The van der Waals surface area contributed by atoms with Crippen LogP contribution in [0.15, 0.2) is 36.7 Å². The van der Waals surface area contributed by atoms with Gasteiger partial charge in [-0.2, -0.15) is 18.3 Å². The molecule has 0 bridgehead atoms. The summed E-state index contributed by atoms with van der Waals surface area (Å²) >= 11 is 1.07. The van der Waals surface area contributed by atoms with Gasteiger partial charge in [0.2, 0.25) is 0 Å². The van der Waals surface area contributed by atoms with Gasteiger partial charge in [-0.3, -0.25) is 14.8 Å². The van der Waals surface area contributed by atoms with Gasteiger partial charge in [-0.1, -0.05) is 18.2 Å². The number of carbonyl (C=O) groups excluding carboxylic acids is 1. The van der Waals surface area contributed by atoms with E-state index in [2.05, 4.69) is 15.4 Å². The van der Waals surface area contributed by atoms with Crippen LogP contribution in [0.5, 0.6) is 0 Å². The van der Waals surface area contributed by atoms with Gasteiger partial charge in [0.05, 0.1) is 11.8 Å². The summed E-state index contributed by atoms with van der Waals surface area (Å²) in [5, 5.41) is 6.18. The van der Waals surface area contributed by atoms with Gasteiger partial charge >= 0.3 is 6.18 Å². The largest absolute Gasteiger partial charge is 0.433 e. The molecule has 28 heavy (non-hydrogen) atoms. The molecular weight excluding hydrogens is 396 g/mol. The van der Waals surface area contributed by atoms with Crippen molar-refractivity contribution in [3.05, 3.63) is 64.2 Å². The molecule has 0 radical (unpaired) electrons. The lowest BCUT2D eigenvalue weighted by molar-refractivity contribution is -0.145. The number of amides is 1. The fraction of sp³-hybridized carbons (Fsp3) is 0.278. The smallest absolute Gasteiger partial charge is 0.298 e. The number of halogens is 4. The van der Waals surface area contributed by atoms with Crippen LogP contribution in [-0.2, 0) is 12.6 Å². The van der Waals surface area contributed by atoms with E-state index in [0.29, 0.717) is 10.4 Å². The van der Waals surface area contributed by atoms with E-state index in [0.717, 1.165) is 22.2 Å². The normalized spacial score (nSPS) is 11.8. The summed E-state index contributed by atoms with van der Waals surface area (Å²) in [7, 11) is 0. The first-order valence-electron chi connectivity index (χ1n) is 8.31. The van der Waals surface area contributed by atoms with Crippen molar-refractivity contribution < 1.29 is 22.4 Å². The number of anilines is 1. The number of aromatic nitrogens is 3. The van der Waals surface area contributed by atoms with Crippen LogP contribution in [0.25, 0.3) is 0 Å². The highest BCUT2D eigenvalue weighted by molar-refractivity contribution is 7.15. The fourth-order valence-electron chi connectivity index (χ4n) is 2.64. The van der Waals surface area contributed by atoms with Crippen molar-refractivity contribution in [2.75, 3.05) is 5.32 Å². The molecule has 2 aromatic heterocycles. The van der Waals surface area contributed by atoms with Crippen LogP contribution in [0.3, 0.4) is 0 Å². The molecule has 1 N–H and O–H groups in total. The van der Waals surface area contributed by atoms with Gasteiger partial charge in [0.15, 0.2) is 10.8 Å². The molecule has 1 aromatic carbocycles. The maximum absolute atomic E-state index is 13.7. The third kappa shape index (κ3) is 4.22.